The van der Waals surface area contributed by atoms with Gasteiger partial charge in [-0.3, -0.25) is 0 Å². The average Bonchev–Trinajstić information content (AvgIpc) is 2.68. The zero-order chi connectivity index (χ0) is 19.4. The fourth-order valence-electron chi connectivity index (χ4n) is 2.66. The van der Waals surface area contributed by atoms with E-state index in [9.17, 15) is 0 Å². The van der Waals surface area contributed by atoms with Crippen LogP contribution in [0.5, 0.6) is 5.75 Å². The Bertz CT molecular complexity index is 425. The van der Waals surface area contributed by atoms with Crippen molar-refractivity contribution in [3.8, 4) is 5.75 Å². The van der Waals surface area contributed by atoms with Gasteiger partial charge < -0.3 is 24.7 Å². The molecule has 0 spiro atoms. The highest BCUT2D eigenvalue weighted by Gasteiger charge is 1.95. The predicted octanol–water partition coefficient (Wildman–Crippen LogP) is 4.84. The Balaban J connectivity index is 1.71. The molecule has 0 radical (unpaired) electrons. The molecule has 0 fully saturated rings. The number of anilines is 1. The summed E-state index contributed by atoms with van der Waals surface area (Å²) in [5.74, 6) is 0.803. The molecule has 27 heavy (non-hydrogen) atoms. The van der Waals surface area contributed by atoms with Crippen LogP contribution in [-0.2, 0) is 14.2 Å². The first kappa shape index (κ1) is 23.7. The first-order valence-corrected chi connectivity index (χ1v) is 10.5. The van der Waals surface area contributed by atoms with E-state index < -0.39 is 0 Å². The van der Waals surface area contributed by atoms with Gasteiger partial charge in [0.25, 0.3) is 0 Å². The van der Waals surface area contributed by atoms with E-state index in [1.54, 1.807) is 0 Å². The van der Waals surface area contributed by atoms with Crippen LogP contribution in [0.3, 0.4) is 0 Å². The molecule has 1 rings (SSSR count). The van der Waals surface area contributed by atoms with E-state index in [1.807, 2.05) is 24.3 Å². The van der Waals surface area contributed by atoms with Gasteiger partial charge in [-0.2, -0.15) is 0 Å². The second-order valence-electron chi connectivity index (χ2n) is 6.73. The van der Waals surface area contributed by atoms with Crippen molar-refractivity contribution < 1.29 is 18.9 Å². The molecule has 0 heterocycles. The maximum Gasteiger partial charge on any atom is 0.119 e. The number of hydrogen-bond acceptors (Lipinski definition) is 5. The first-order valence-electron chi connectivity index (χ1n) is 10.5. The number of nitrogen functional groups attached to an aromatic ring is 1. The van der Waals surface area contributed by atoms with Gasteiger partial charge in [-0.15, -0.1) is 0 Å². The molecule has 5 nitrogen and oxygen atoms in total. The largest absolute Gasteiger partial charge is 0.491 e. The summed E-state index contributed by atoms with van der Waals surface area (Å²) in [5.41, 5.74) is 6.36. The number of unbranched alkanes of at least 4 members (excludes halogenated alkanes) is 7. The lowest BCUT2D eigenvalue weighted by Crippen LogP contribution is -2.13. The Hall–Kier alpha value is -1.30. The van der Waals surface area contributed by atoms with Crippen molar-refractivity contribution in [3.63, 3.8) is 0 Å². The van der Waals surface area contributed by atoms with Crippen LogP contribution in [0.4, 0.5) is 5.69 Å². The molecule has 2 N–H and O–H groups in total. The van der Waals surface area contributed by atoms with Gasteiger partial charge in [0.05, 0.1) is 33.0 Å². The molecular formula is C22H39NO4. The Morgan fingerprint density at radius 2 is 1.07 bits per heavy atom. The van der Waals surface area contributed by atoms with E-state index in [0.717, 1.165) is 24.5 Å². The highest BCUT2D eigenvalue weighted by atomic mass is 16.6. The van der Waals surface area contributed by atoms with E-state index in [-0.39, 0.29) is 0 Å². The second kappa shape index (κ2) is 18.1. The van der Waals surface area contributed by atoms with E-state index in [2.05, 4.69) is 6.92 Å². The normalized spacial score (nSPS) is 11.0. The predicted molar refractivity (Wildman–Crippen MR) is 111 cm³/mol. The smallest absolute Gasteiger partial charge is 0.119 e. The van der Waals surface area contributed by atoms with Crippen molar-refractivity contribution in [1.29, 1.82) is 0 Å². The molecule has 0 aromatic heterocycles. The lowest BCUT2D eigenvalue weighted by Gasteiger charge is -2.08. The monoisotopic (exact) mass is 381 g/mol. The van der Waals surface area contributed by atoms with Crippen molar-refractivity contribution in [1.82, 2.24) is 0 Å². The number of ether oxygens (including phenoxy) is 4. The van der Waals surface area contributed by atoms with Crippen LogP contribution in [0.15, 0.2) is 24.3 Å². The minimum absolute atomic E-state index is 0.519. The quantitative estimate of drug-likeness (QED) is 0.274. The van der Waals surface area contributed by atoms with Crippen LogP contribution in [0, 0.1) is 0 Å². The summed E-state index contributed by atoms with van der Waals surface area (Å²) in [6.45, 7) is 6.62. The molecule has 1 aromatic carbocycles. The van der Waals surface area contributed by atoms with Gasteiger partial charge in [0, 0.05) is 12.3 Å². The summed E-state index contributed by atoms with van der Waals surface area (Å²) in [6.07, 6.45) is 10.6. The highest BCUT2D eigenvalue weighted by Crippen LogP contribution is 2.12. The molecule has 0 atom stereocenters. The Kier molecular flexibility index (Phi) is 15.9. The molecule has 1 aromatic rings. The maximum atomic E-state index is 5.62. The number of nitrogens with two attached hydrogens (primary N) is 1. The van der Waals surface area contributed by atoms with Crippen LogP contribution in [-0.4, -0.2) is 46.2 Å². The van der Waals surface area contributed by atoms with E-state index in [1.165, 1.54) is 44.9 Å². The van der Waals surface area contributed by atoms with Crippen molar-refractivity contribution in [2.75, 3.05) is 52.0 Å². The van der Waals surface area contributed by atoms with Gasteiger partial charge in [-0.25, -0.2) is 0 Å². The van der Waals surface area contributed by atoms with E-state index >= 15 is 0 Å². The van der Waals surface area contributed by atoms with Crippen molar-refractivity contribution >= 4 is 5.69 Å². The third kappa shape index (κ3) is 15.5. The van der Waals surface area contributed by atoms with Gasteiger partial charge in [-0.05, 0) is 30.7 Å². The first-order chi connectivity index (χ1) is 13.3. The van der Waals surface area contributed by atoms with Crippen LogP contribution < -0.4 is 10.5 Å². The van der Waals surface area contributed by atoms with Gasteiger partial charge in [0.15, 0.2) is 0 Å². The molecule has 0 saturated heterocycles. The van der Waals surface area contributed by atoms with Gasteiger partial charge in [0.2, 0.25) is 0 Å². The second-order valence-corrected chi connectivity index (χ2v) is 6.73. The number of hydrogen-bond donors (Lipinski definition) is 1. The fourth-order valence-corrected chi connectivity index (χ4v) is 2.66. The summed E-state index contributed by atoms with van der Waals surface area (Å²) in [5, 5.41) is 0. The van der Waals surface area contributed by atoms with E-state index in [4.69, 9.17) is 24.7 Å². The van der Waals surface area contributed by atoms with Crippen molar-refractivity contribution in [2.45, 2.75) is 58.3 Å². The topological polar surface area (TPSA) is 62.9 Å². The number of benzene rings is 1. The SMILES string of the molecule is CCCCCCCCCCOCCOCCOCCOc1ccc(N)cc1. The van der Waals surface area contributed by atoms with Gasteiger partial charge in [0.1, 0.15) is 12.4 Å². The summed E-state index contributed by atoms with van der Waals surface area (Å²) >= 11 is 0. The lowest BCUT2D eigenvalue weighted by atomic mass is 10.1. The molecule has 0 bridgehead atoms. The molecular weight excluding hydrogens is 342 g/mol. The highest BCUT2D eigenvalue weighted by molar-refractivity contribution is 5.41. The zero-order valence-electron chi connectivity index (χ0n) is 17.1. The molecule has 0 saturated carbocycles. The molecule has 156 valence electrons. The van der Waals surface area contributed by atoms with Crippen LogP contribution in [0.2, 0.25) is 0 Å². The molecule has 0 aliphatic heterocycles. The number of rotatable bonds is 19. The molecule has 0 aliphatic rings. The fraction of sp³-hybridized carbons (Fsp3) is 0.727. The zero-order valence-corrected chi connectivity index (χ0v) is 17.1. The summed E-state index contributed by atoms with van der Waals surface area (Å²) < 4.78 is 22.1. The minimum atomic E-state index is 0.519. The molecule has 0 unspecified atom stereocenters. The molecule has 0 amide bonds. The van der Waals surface area contributed by atoms with Crippen LogP contribution in [0.1, 0.15) is 58.3 Å². The van der Waals surface area contributed by atoms with Crippen molar-refractivity contribution in [3.05, 3.63) is 24.3 Å². The van der Waals surface area contributed by atoms with E-state index in [0.29, 0.717) is 39.6 Å². The Morgan fingerprint density at radius 1 is 0.593 bits per heavy atom. The van der Waals surface area contributed by atoms with Crippen LogP contribution in [0.25, 0.3) is 0 Å². The lowest BCUT2D eigenvalue weighted by molar-refractivity contribution is 0.00878. The summed E-state index contributed by atoms with van der Waals surface area (Å²) in [6, 6.07) is 7.35. The standard InChI is InChI=1S/C22H39NO4/c1-2-3-4-5-6-7-8-9-14-24-15-16-25-17-18-26-19-20-27-22-12-10-21(23)11-13-22/h10-13H,2-9,14-20,23H2,1H3. The summed E-state index contributed by atoms with van der Waals surface area (Å²) in [7, 11) is 0. The van der Waals surface area contributed by atoms with Gasteiger partial charge in [-0.1, -0.05) is 51.9 Å². The maximum absolute atomic E-state index is 5.62. The minimum Gasteiger partial charge on any atom is -0.491 e. The molecule has 5 heteroatoms. The average molecular weight is 382 g/mol. The Morgan fingerprint density at radius 3 is 1.67 bits per heavy atom. The van der Waals surface area contributed by atoms with Crippen molar-refractivity contribution in [2.24, 2.45) is 0 Å². The van der Waals surface area contributed by atoms with Crippen LogP contribution >= 0.6 is 0 Å². The third-order valence-corrected chi connectivity index (χ3v) is 4.26. The summed E-state index contributed by atoms with van der Waals surface area (Å²) in [4.78, 5) is 0. The van der Waals surface area contributed by atoms with Gasteiger partial charge >= 0.3 is 0 Å². The Labute approximate surface area is 165 Å². The third-order valence-electron chi connectivity index (χ3n) is 4.26. The molecule has 0 aliphatic carbocycles.